The molecule has 1 heterocycles. The molecule has 0 radical (unpaired) electrons. The van der Waals surface area contributed by atoms with Gasteiger partial charge in [-0.1, -0.05) is 36.8 Å². The van der Waals surface area contributed by atoms with Gasteiger partial charge < -0.3 is 11.1 Å². The van der Waals surface area contributed by atoms with E-state index < -0.39 is 0 Å². The van der Waals surface area contributed by atoms with E-state index >= 15 is 0 Å². The predicted octanol–water partition coefficient (Wildman–Crippen LogP) is 1.12. The van der Waals surface area contributed by atoms with Gasteiger partial charge in [-0.3, -0.25) is 9.69 Å². The lowest BCUT2D eigenvalue weighted by Gasteiger charge is -2.35. The Hall–Kier alpha value is -1.39. The summed E-state index contributed by atoms with van der Waals surface area (Å²) in [6, 6.07) is 10.9. The molecule has 19 heavy (non-hydrogen) atoms. The number of hydrogen-bond donors (Lipinski definition) is 2. The lowest BCUT2D eigenvalue weighted by atomic mass is 10.0. The fourth-order valence-electron chi connectivity index (χ4n) is 2.62. The van der Waals surface area contributed by atoms with Crippen LogP contribution in [-0.4, -0.2) is 36.5 Å². The van der Waals surface area contributed by atoms with Gasteiger partial charge in [0.1, 0.15) is 0 Å². The van der Waals surface area contributed by atoms with Crippen molar-refractivity contribution in [3.8, 4) is 0 Å². The molecular formula is C15H23N3O. The summed E-state index contributed by atoms with van der Waals surface area (Å²) in [6.07, 6.45) is 3.64. The minimum Gasteiger partial charge on any atom is -0.353 e. The van der Waals surface area contributed by atoms with Gasteiger partial charge >= 0.3 is 0 Å². The Labute approximate surface area is 115 Å². The Bertz CT molecular complexity index is 394. The zero-order chi connectivity index (χ0) is 13.5. The van der Waals surface area contributed by atoms with Gasteiger partial charge in [0.25, 0.3) is 0 Å². The Kier molecular flexibility index (Phi) is 5.36. The highest BCUT2D eigenvalue weighted by Gasteiger charge is 2.22. The third kappa shape index (κ3) is 4.33. The normalized spacial score (nSPS) is 20.2. The Morgan fingerprint density at radius 1 is 1.32 bits per heavy atom. The highest BCUT2D eigenvalue weighted by atomic mass is 16.1. The number of carbonyl (C=O) groups excluding carboxylic acids is 1. The lowest BCUT2D eigenvalue weighted by Crippen LogP contribution is -2.47. The van der Waals surface area contributed by atoms with Crippen LogP contribution in [0, 0.1) is 0 Å². The number of amides is 1. The molecule has 1 aromatic carbocycles. The van der Waals surface area contributed by atoms with Crippen LogP contribution in [0.5, 0.6) is 0 Å². The second kappa shape index (κ2) is 7.26. The van der Waals surface area contributed by atoms with Crippen molar-refractivity contribution >= 4 is 5.91 Å². The van der Waals surface area contributed by atoms with Crippen LogP contribution in [-0.2, 0) is 11.3 Å². The van der Waals surface area contributed by atoms with E-state index in [0.717, 1.165) is 19.5 Å². The van der Waals surface area contributed by atoms with E-state index in [2.05, 4.69) is 34.5 Å². The van der Waals surface area contributed by atoms with Crippen molar-refractivity contribution in [1.29, 1.82) is 0 Å². The molecule has 1 saturated heterocycles. The number of carbonyl (C=O) groups is 1. The number of hydrogen-bond acceptors (Lipinski definition) is 3. The van der Waals surface area contributed by atoms with Gasteiger partial charge in [0.05, 0.1) is 6.54 Å². The maximum atomic E-state index is 11.3. The van der Waals surface area contributed by atoms with Gasteiger partial charge in [0.15, 0.2) is 0 Å². The van der Waals surface area contributed by atoms with Gasteiger partial charge in [-0.05, 0) is 24.9 Å². The highest BCUT2D eigenvalue weighted by Crippen LogP contribution is 2.19. The van der Waals surface area contributed by atoms with Crippen LogP contribution in [0.2, 0.25) is 0 Å². The van der Waals surface area contributed by atoms with E-state index in [1.54, 1.807) is 0 Å². The quantitative estimate of drug-likeness (QED) is 0.835. The summed E-state index contributed by atoms with van der Waals surface area (Å²) in [5.74, 6) is -0.0646. The molecule has 1 aliphatic rings. The summed E-state index contributed by atoms with van der Waals surface area (Å²) in [5.41, 5.74) is 6.65. The summed E-state index contributed by atoms with van der Waals surface area (Å²) in [4.78, 5) is 13.7. The molecule has 0 spiro atoms. The van der Waals surface area contributed by atoms with Crippen molar-refractivity contribution in [2.75, 3.05) is 19.6 Å². The molecule has 1 aromatic rings. The van der Waals surface area contributed by atoms with E-state index in [9.17, 15) is 4.79 Å². The summed E-state index contributed by atoms with van der Waals surface area (Å²) < 4.78 is 0. The summed E-state index contributed by atoms with van der Waals surface area (Å²) in [5, 5.41) is 2.91. The molecule has 0 unspecified atom stereocenters. The number of rotatable bonds is 5. The van der Waals surface area contributed by atoms with Crippen molar-refractivity contribution < 1.29 is 4.79 Å². The minimum atomic E-state index is -0.0646. The lowest BCUT2D eigenvalue weighted by molar-refractivity contribution is -0.120. The first kappa shape index (κ1) is 14.0. The van der Waals surface area contributed by atoms with Crippen LogP contribution >= 0.6 is 0 Å². The first-order valence-corrected chi connectivity index (χ1v) is 7.04. The first-order chi connectivity index (χ1) is 9.29. The van der Waals surface area contributed by atoms with Crippen LogP contribution in [0.15, 0.2) is 30.3 Å². The average molecular weight is 261 g/mol. The Morgan fingerprint density at radius 3 is 2.84 bits per heavy atom. The van der Waals surface area contributed by atoms with Crippen molar-refractivity contribution in [3.05, 3.63) is 35.9 Å². The standard InChI is InChI=1S/C15H23N3O/c16-10-15(19)17-11-14-8-4-5-9-18(14)12-13-6-2-1-3-7-13/h1-3,6-7,14H,4-5,8-12,16H2,(H,17,19)/t14-/m0/s1. The number of nitrogens with two attached hydrogens (primary N) is 1. The zero-order valence-corrected chi connectivity index (χ0v) is 11.3. The van der Waals surface area contributed by atoms with Gasteiger partial charge in [-0.25, -0.2) is 0 Å². The van der Waals surface area contributed by atoms with Crippen LogP contribution in [0.3, 0.4) is 0 Å². The average Bonchev–Trinajstić information content (AvgIpc) is 2.47. The Morgan fingerprint density at radius 2 is 2.11 bits per heavy atom. The molecule has 1 fully saturated rings. The second-order valence-corrected chi connectivity index (χ2v) is 5.11. The second-order valence-electron chi connectivity index (χ2n) is 5.11. The number of nitrogens with one attached hydrogen (secondary N) is 1. The van der Waals surface area contributed by atoms with Crippen molar-refractivity contribution in [2.24, 2.45) is 5.73 Å². The van der Waals surface area contributed by atoms with E-state index in [1.165, 1.54) is 18.4 Å². The highest BCUT2D eigenvalue weighted by molar-refractivity contribution is 5.77. The van der Waals surface area contributed by atoms with Crippen LogP contribution < -0.4 is 11.1 Å². The maximum absolute atomic E-state index is 11.3. The molecule has 0 aliphatic carbocycles. The van der Waals surface area contributed by atoms with E-state index in [-0.39, 0.29) is 12.5 Å². The van der Waals surface area contributed by atoms with Gasteiger partial charge in [-0.15, -0.1) is 0 Å². The fourth-order valence-corrected chi connectivity index (χ4v) is 2.62. The Balaban J connectivity index is 1.90. The first-order valence-electron chi connectivity index (χ1n) is 7.04. The van der Waals surface area contributed by atoms with Crippen molar-refractivity contribution in [2.45, 2.75) is 31.8 Å². The van der Waals surface area contributed by atoms with E-state index in [1.807, 2.05) is 6.07 Å². The van der Waals surface area contributed by atoms with E-state index in [0.29, 0.717) is 12.6 Å². The predicted molar refractivity (Wildman–Crippen MR) is 76.6 cm³/mol. The topological polar surface area (TPSA) is 58.4 Å². The summed E-state index contributed by atoms with van der Waals surface area (Å²) in [7, 11) is 0. The molecule has 4 heteroatoms. The fraction of sp³-hybridized carbons (Fsp3) is 0.533. The number of piperidine rings is 1. The van der Waals surface area contributed by atoms with Crippen LogP contribution in [0.4, 0.5) is 0 Å². The molecule has 4 nitrogen and oxygen atoms in total. The zero-order valence-electron chi connectivity index (χ0n) is 11.3. The minimum absolute atomic E-state index is 0.0646. The molecule has 0 saturated carbocycles. The molecular weight excluding hydrogens is 238 g/mol. The summed E-state index contributed by atoms with van der Waals surface area (Å²) in [6.45, 7) is 2.86. The van der Waals surface area contributed by atoms with E-state index in [4.69, 9.17) is 5.73 Å². The SMILES string of the molecule is NCC(=O)NC[C@@H]1CCCCN1Cc1ccccc1. The molecule has 2 rings (SSSR count). The largest absolute Gasteiger partial charge is 0.353 e. The third-order valence-corrected chi connectivity index (χ3v) is 3.70. The molecule has 1 amide bonds. The molecule has 0 bridgehead atoms. The van der Waals surface area contributed by atoms with Gasteiger partial charge in [0.2, 0.25) is 5.91 Å². The van der Waals surface area contributed by atoms with Crippen LogP contribution in [0.1, 0.15) is 24.8 Å². The smallest absolute Gasteiger partial charge is 0.233 e. The number of nitrogens with zero attached hydrogens (tertiary/aromatic N) is 1. The molecule has 3 N–H and O–H groups in total. The van der Waals surface area contributed by atoms with Crippen molar-refractivity contribution in [3.63, 3.8) is 0 Å². The maximum Gasteiger partial charge on any atom is 0.233 e. The molecule has 0 aromatic heterocycles. The molecule has 1 aliphatic heterocycles. The van der Waals surface area contributed by atoms with Crippen molar-refractivity contribution in [1.82, 2.24) is 10.2 Å². The monoisotopic (exact) mass is 261 g/mol. The number of benzene rings is 1. The molecule has 104 valence electrons. The number of likely N-dealkylation sites (tertiary alicyclic amines) is 1. The van der Waals surface area contributed by atoms with Crippen LogP contribution in [0.25, 0.3) is 0 Å². The van der Waals surface area contributed by atoms with Gasteiger partial charge in [0, 0.05) is 19.1 Å². The summed E-state index contributed by atoms with van der Waals surface area (Å²) >= 11 is 0. The van der Waals surface area contributed by atoms with Gasteiger partial charge in [-0.2, -0.15) is 0 Å². The molecule has 1 atom stereocenters. The third-order valence-electron chi connectivity index (χ3n) is 3.70.